The second-order valence-electron chi connectivity index (χ2n) is 6.77. The van der Waals surface area contributed by atoms with Gasteiger partial charge in [0.15, 0.2) is 10.3 Å². The van der Waals surface area contributed by atoms with Gasteiger partial charge in [-0.2, -0.15) is 0 Å². The molecule has 1 aromatic carbocycles. The predicted molar refractivity (Wildman–Crippen MR) is 139 cm³/mol. The lowest BCUT2D eigenvalue weighted by Crippen LogP contribution is -2.48. The largest absolute Gasteiger partial charge is 0.508 e. The first kappa shape index (κ1) is 28.8. The fraction of sp³-hybridized carbons (Fsp3) is 0.261. The number of nitrogens with one attached hydrogen (secondary N) is 3. The molecule has 0 aliphatic heterocycles. The first-order valence-electron chi connectivity index (χ1n) is 10.7. The van der Waals surface area contributed by atoms with Crippen LogP contribution in [0.3, 0.4) is 0 Å². The van der Waals surface area contributed by atoms with Gasteiger partial charge >= 0.3 is 5.97 Å². The van der Waals surface area contributed by atoms with Gasteiger partial charge in [-0.05, 0) is 29.1 Å². The molecule has 0 radical (unpaired) electrons. The number of ether oxygens (including phenoxy) is 1. The Morgan fingerprint density at radius 3 is 2.53 bits per heavy atom. The molecule has 1 atom stereocenters. The molecule has 3 amide bonds. The summed E-state index contributed by atoms with van der Waals surface area (Å²) in [5.74, 6) is -2.28. The number of phenolic OH excluding ortho intramolecular Hbond substituents is 1. The Morgan fingerprint density at radius 2 is 1.89 bits per heavy atom. The van der Waals surface area contributed by atoms with Crippen molar-refractivity contribution in [3.05, 3.63) is 62.2 Å². The fourth-order valence-electron chi connectivity index (χ4n) is 2.76. The Hall–Kier alpha value is -3.48. The van der Waals surface area contributed by atoms with Gasteiger partial charge < -0.3 is 25.8 Å². The summed E-state index contributed by atoms with van der Waals surface area (Å²) in [5, 5.41) is 18.7. The highest BCUT2D eigenvalue weighted by Gasteiger charge is 2.26. The maximum absolute atomic E-state index is 12.7. The van der Waals surface area contributed by atoms with Crippen LogP contribution in [0.1, 0.15) is 38.8 Å². The van der Waals surface area contributed by atoms with Crippen LogP contribution in [0, 0.1) is 0 Å². The van der Waals surface area contributed by atoms with Gasteiger partial charge in [-0.3, -0.25) is 14.4 Å². The molecule has 10 nitrogen and oxygen atoms in total. The Kier molecular flexibility index (Phi) is 11.3. The lowest BCUT2D eigenvalue weighted by atomic mass is 10.1. The van der Waals surface area contributed by atoms with E-state index in [9.17, 15) is 24.3 Å². The first-order valence-corrected chi connectivity index (χ1v) is 12.8. The van der Waals surface area contributed by atoms with E-state index in [-0.39, 0.29) is 33.9 Å². The van der Waals surface area contributed by atoms with Crippen molar-refractivity contribution in [3.63, 3.8) is 0 Å². The number of anilines is 1. The van der Waals surface area contributed by atoms with Gasteiger partial charge in [0.2, 0.25) is 5.91 Å². The molecule has 36 heavy (non-hydrogen) atoms. The summed E-state index contributed by atoms with van der Waals surface area (Å²) in [5.41, 5.74) is 0.587. The molecule has 2 heterocycles. The number of rotatable bonds is 9. The van der Waals surface area contributed by atoms with Crippen LogP contribution >= 0.6 is 34.3 Å². The number of phenols is 1. The van der Waals surface area contributed by atoms with Crippen molar-refractivity contribution in [1.29, 1.82) is 0 Å². The van der Waals surface area contributed by atoms with Gasteiger partial charge in [-0.15, -0.1) is 11.3 Å². The van der Waals surface area contributed by atoms with Gasteiger partial charge in [0, 0.05) is 6.54 Å². The SMILES string of the molecule is CC.COC(=O)C(CNC(=O)c1cccs1)NC(=O)c1sc(NC(=O)Cc2cccc(O)c2)nc1Cl. The van der Waals surface area contributed by atoms with Crippen LogP contribution in [0.4, 0.5) is 5.13 Å². The Labute approximate surface area is 220 Å². The normalized spacial score (nSPS) is 10.9. The van der Waals surface area contributed by atoms with E-state index in [1.54, 1.807) is 29.6 Å². The average molecular weight is 553 g/mol. The van der Waals surface area contributed by atoms with Crippen LogP contribution < -0.4 is 16.0 Å². The summed E-state index contributed by atoms with van der Waals surface area (Å²) < 4.78 is 4.70. The van der Waals surface area contributed by atoms with Crippen molar-refractivity contribution < 1.29 is 29.0 Å². The van der Waals surface area contributed by atoms with E-state index in [0.29, 0.717) is 10.4 Å². The van der Waals surface area contributed by atoms with E-state index in [1.807, 2.05) is 13.8 Å². The molecule has 0 bridgehead atoms. The fourth-order valence-corrected chi connectivity index (χ4v) is 4.51. The number of halogens is 1. The van der Waals surface area contributed by atoms with E-state index < -0.39 is 29.7 Å². The second kappa shape index (κ2) is 14.2. The van der Waals surface area contributed by atoms with Gasteiger partial charge in [-0.1, -0.05) is 55.0 Å². The van der Waals surface area contributed by atoms with E-state index in [4.69, 9.17) is 16.3 Å². The number of amides is 3. The number of aromatic hydroxyl groups is 1. The lowest BCUT2D eigenvalue weighted by molar-refractivity contribution is -0.142. The van der Waals surface area contributed by atoms with Crippen molar-refractivity contribution in [2.45, 2.75) is 26.3 Å². The number of thiazole rings is 1. The molecule has 0 fully saturated rings. The molecular formula is C23H25ClN4O6S2. The summed E-state index contributed by atoms with van der Waals surface area (Å²) in [6, 6.07) is 8.39. The van der Waals surface area contributed by atoms with Crippen LogP contribution in [0.25, 0.3) is 0 Å². The highest BCUT2D eigenvalue weighted by Crippen LogP contribution is 2.27. The molecule has 4 N–H and O–H groups in total. The van der Waals surface area contributed by atoms with E-state index in [2.05, 4.69) is 20.9 Å². The van der Waals surface area contributed by atoms with Crippen LogP contribution in [0.15, 0.2) is 41.8 Å². The smallest absolute Gasteiger partial charge is 0.330 e. The quantitative estimate of drug-likeness (QED) is 0.297. The average Bonchev–Trinajstić information content (AvgIpc) is 3.52. The number of hydrogen-bond acceptors (Lipinski definition) is 9. The minimum absolute atomic E-state index is 0.0263. The highest BCUT2D eigenvalue weighted by molar-refractivity contribution is 7.18. The topological polar surface area (TPSA) is 147 Å². The monoisotopic (exact) mass is 552 g/mol. The van der Waals surface area contributed by atoms with Crippen LogP contribution in [-0.2, 0) is 20.7 Å². The zero-order valence-electron chi connectivity index (χ0n) is 19.7. The summed E-state index contributed by atoms with van der Waals surface area (Å²) in [4.78, 5) is 53.6. The molecule has 0 aliphatic rings. The molecule has 192 valence electrons. The Bertz CT molecular complexity index is 1200. The van der Waals surface area contributed by atoms with Gasteiger partial charge in [0.25, 0.3) is 11.8 Å². The first-order chi connectivity index (χ1) is 17.3. The number of aromatic nitrogens is 1. The molecule has 0 spiro atoms. The van der Waals surface area contributed by atoms with E-state index in [0.717, 1.165) is 18.4 Å². The molecule has 13 heteroatoms. The summed E-state index contributed by atoms with van der Waals surface area (Å²) >= 11 is 8.12. The van der Waals surface area contributed by atoms with Crippen LogP contribution in [-0.4, -0.2) is 53.5 Å². The minimum Gasteiger partial charge on any atom is -0.508 e. The van der Waals surface area contributed by atoms with E-state index >= 15 is 0 Å². The Balaban J connectivity index is 0.00000222. The third kappa shape index (κ3) is 8.33. The molecule has 3 aromatic rings. The zero-order chi connectivity index (χ0) is 26.7. The number of carbonyl (C=O) groups excluding carboxylic acids is 4. The molecule has 2 aromatic heterocycles. The molecule has 3 rings (SSSR count). The van der Waals surface area contributed by atoms with Crippen molar-refractivity contribution in [2.75, 3.05) is 19.0 Å². The third-order valence-corrected chi connectivity index (χ3v) is 6.54. The summed E-state index contributed by atoms with van der Waals surface area (Å²) in [6.45, 7) is 3.79. The lowest BCUT2D eigenvalue weighted by Gasteiger charge is -2.16. The predicted octanol–water partition coefficient (Wildman–Crippen LogP) is 3.47. The number of esters is 1. The van der Waals surface area contributed by atoms with Gasteiger partial charge in [-0.25, -0.2) is 9.78 Å². The Morgan fingerprint density at radius 1 is 1.14 bits per heavy atom. The standard InChI is InChI=1S/C21H19ClN4O6S2.C2H6/c1-32-20(31)13(10-23-18(29)14-6-3-7-33-14)24-19(30)16-17(22)26-21(34-16)25-15(28)9-11-4-2-5-12(27)8-11;1-2/h2-8,13,27H,9-10H2,1H3,(H,23,29)(H,24,30)(H,25,26,28);1-2H3. The molecule has 0 saturated heterocycles. The summed E-state index contributed by atoms with van der Waals surface area (Å²) in [6.07, 6.45) is -0.0263. The number of nitrogens with zero attached hydrogens (tertiary/aromatic N) is 1. The number of benzene rings is 1. The van der Waals surface area contributed by atoms with Gasteiger partial charge in [0.05, 0.1) is 18.4 Å². The van der Waals surface area contributed by atoms with Crippen molar-refractivity contribution in [3.8, 4) is 5.75 Å². The van der Waals surface area contributed by atoms with Gasteiger partial charge in [0.1, 0.15) is 16.7 Å². The van der Waals surface area contributed by atoms with Crippen LogP contribution in [0.2, 0.25) is 5.15 Å². The molecule has 0 saturated carbocycles. The van der Waals surface area contributed by atoms with Crippen molar-refractivity contribution in [1.82, 2.24) is 15.6 Å². The molecule has 0 aliphatic carbocycles. The second-order valence-corrected chi connectivity index (χ2v) is 9.08. The zero-order valence-corrected chi connectivity index (χ0v) is 22.1. The molecule has 1 unspecified atom stereocenters. The van der Waals surface area contributed by atoms with Crippen molar-refractivity contribution in [2.24, 2.45) is 0 Å². The number of methoxy groups -OCH3 is 1. The molecular weight excluding hydrogens is 528 g/mol. The third-order valence-electron chi connectivity index (χ3n) is 4.32. The highest BCUT2D eigenvalue weighted by atomic mass is 35.5. The number of thiophene rings is 1. The number of carbonyl (C=O) groups is 4. The van der Waals surface area contributed by atoms with E-state index in [1.165, 1.54) is 23.5 Å². The maximum atomic E-state index is 12.7. The van der Waals surface area contributed by atoms with Crippen LogP contribution in [0.5, 0.6) is 5.75 Å². The number of hydrogen-bond donors (Lipinski definition) is 4. The summed E-state index contributed by atoms with van der Waals surface area (Å²) in [7, 11) is 1.16. The van der Waals surface area contributed by atoms with Crippen molar-refractivity contribution >= 4 is 63.1 Å². The maximum Gasteiger partial charge on any atom is 0.330 e. The minimum atomic E-state index is -1.18.